The molecule has 2 aromatic rings. The van der Waals surface area contributed by atoms with Crippen molar-refractivity contribution < 1.29 is 0 Å². The fraction of sp³-hybridized carbons (Fsp3) is 0.412. The Kier molecular flexibility index (Phi) is 3.79. The van der Waals surface area contributed by atoms with Gasteiger partial charge in [-0.3, -0.25) is 9.97 Å². The average molecular weight is 267 g/mol. The first kappa shape index (κ1) is 13.3. The molecule has 2 aromatic heterocycles. The minimum Gasteiger partial charge on any atom is -0.310 e. The van der Waals surface area contributed by atoms with Crippen LogP contribution in [-0.4, -0.2) is 16.5 Å². The zero-order chi connectivity index (χ0) is 13.9. The molecule has 2 unspecified atom stereocenters. The lowest BCUT2D eigenvalue weighted by atomic mass is 9.89. The second-order valence-corrected chi connectivity index (χ2v) is 5.46. The van der Waals surface area contributed by atoms with E-state index in [2.05, 4.69) is 41.3 Å². The quantitative estimate of drug-likeness (QED) is 0.924. The van der Waals surface area contributed by atoms with Crippen molar-refractivity contribution in [3.8, 4) is 0 Å². The number of nitrogens with one attached hydrogen (secondary N) is 1. The Labute approximate surface area is 120 Å². The zero-order valence-electron chi connectivity index (χ0n) is 12.1. The van der Waals surface area contributed by atoms with Crippen molar-refractivity contribution in [2.75, 3.05) is 6.54 Å². The predicted molar refractivity (Wildman–Crippen MR) is 80.7 cm³/mol. The summed E-state index contributed by atoms with van der Waals surface area (Å²) in [6.07, 6.45) is 8.08. The smallest absolute Gasteiger partial charge is 0.0485 e. The Bertz CT molecular complexity index is 594. The van der Waals surface area contributed by atoms with E-state index in [0.717, 1.165) is 13.0 Å². The van der Waals surface area contributed by atoms with Crippen molar-refractivity contribution in [2.45, 2.75) is 38.6 Å². The molecule has 0 aliphatic heterocycles. The van der Waals surface area contributed by atoms with E-state index in [1.54, 1.807) is 0 Å². The molecule has 1 aliphatic carbocycles. The number of likely N-dealkylation sites (N-methyl/N-ethyl adjacent to an activating group) is 1. The highest BCUT2D eigenvalue weighted by Gasteiger charge is 2.32. The Morgan fingerprint density at radius 2 is 2.25 bits per heavy atom. The molecule has 0 radical (unpaired) electrons. The summed E-state index contributed by atoms with van der Waals surface area (Å²) in [4.78, 5) is 8.95. The molecule has 0 bridgehead atoms. The van der Waals surface area contributed by atoms with E-state index in [4.69, 9.17) is 0 Å². The van der Waals surface area contributed by atoms with Crippen LogP contribution in [0.5, 0.6) is 0 Å². The van der Waals surface area contributed by atoms with Gasteiger partial charge in [-0.1, -0.05) is 13.0 Å². The molecule has 2 heterocycles. The van der Waals surface area contributed by atoms with Crippen molar-refractivity contribution in [3.63, 3.8) is 0 Å². The molecule has 3 nitrogen and oxygen atoms in total. The van der Waals surface area contributed by atoms with Crippen LogP contribution in [0.3, 0.4) is 0 Å². The highest BCUT2D eigenvalue weighted by Crippen LogP contribution is 2.40. The highest BCUT2D eigenvalue weighted by atomic mass is 14.9. The normalized spacial score (nSPS) is 18.8. The lowest BCUT2D eigenvalue weighted by Crippen LogP contribution is -2.27. The first-order valence-electron chi connectivity index (χ1n) is 7.39. The predicted octanol–water partition coefficient (Wildman–Crippen LogP) is 3.17. The summed E-state index contributed by atoms with van der Waals surface area (Å²) in [6.45, 7) is 5.28. The summed E-state index contributed by atoms with van der Waals surface area (Å²) in [5.74, 6) is 0.453. The van der Waals surface area contributed by atoms with E-state index in [0.29, 0.717) is 12.0 Å². The Balaban J connectivity index is 1.99. The second-order valence-electron chi connectivity index (χ2n) is 5.46. The van der Waals surface area contributed by atoms with Crippen LogP contribution in [0.15, 0.2) is 36.8 Å². The molecule has 3 rings (SSSR count). The van der Waals surface area contributed by atoms with Crippen molar-refractivity contribution in [2.24, 2.45) is 0 Å². The molecule has 0 spiro atoms. The highest BCUT2D eigenvalue weighted by molar-refractivity contribution is 5.35. The van der Waals surface area contributed by atoms with E-state index in [-0.39, 0.29) is 0 Å². The minimum absolute atomic E-state index is 0.310. The van der Waals surface area contributed by atoms with E-state index < -0.39 is 0 Å². The summed E-state index contributed by atoms with van der Waals surface area (Å²) >= 11 is 0. The van der Waals surface area contributed by atoms with Crippen LogP contribution in [0.4, 0.5) is 0 Å². The van der Waals surface area contributed by atoms with Gasteiger partial charge in [0.1, 0.15) is 0 Å². The van der Waals surface area contributed by atoms with Gasteiger partial charge >= 0.3 is 0 Å². The summed E-state index contributed by atoms with van der Waals surface area (Å²) in [5.41, 5.74) is 5.27. The van der Waals surface area contributed by atoms with Gasteiger partial charge in [-0.25, -0.2) is 0 Å². The zero-order valence-corrected chi connectivity index (χ0v) is 12.1. The fourth-order valence-electron chi connectivity index (χ4n) is 3.26. The summed E-state index contributed by atoms with van der Waals surface area (Å²) in [7, 11) is 0. The number of rotatable bonds is 4. The first-order valence-corrected chi connectivity index (χ1v) is 7.39. The van der Waals surface area contributed by atoms with Crippen molar-refractivity contribution in [3.05, 3.63) is 59.2 Å². The second kappa shape index (κ2) is 5.71. The molecule has 1 aliphatic rings. The number of hydrogen-bond acceptors (Lipinski definition) is 3. The van der Waals surface area contributed by atoms with Gasteiger partial charge in [-0.2, -0.15) is 0 Å². The van der Waals surface area contributed by atoms with Gasteiger partial charge < -0.3 is 5.32 Å². The third-order valence-electron chi connectivity index (χ3n) is 4.24. The number of aromatic nitrogens is 2. The Morgan fingerprint density at radius 1 is 1.35 bits per heavy atom. The average Bonchev–Trinajstić information content (AvgIpc) is 2.90. The molecule has 0 saturated heterocycles. The Hall–Kier alpha value is -1.74. The van der Waals surface area contributed by atoms with Gasteiger partial charge in [0.05, 0.1) is 0 Å². The molecule has 3 heteroatoms. The molecular weight excluding hydrogens is 246 g/mol. The van der Waals surface area contributed by atoms with Gasteiger partial charge in [0.15, 0.2) is 0 Å². The maximum Gasteiger partial charge on any atom is 0.0485 e. The van der Waals surface area contributed by atoms with Gasteiger partial charge in [0.2, 0.25) is 0 Å². The molecule has 104 valence electrons. The maximum atomic E-state index is 4.64. The molecule has 1 N–H and O–H groups in total. The number of aryl methyl sites for hydroxylation is 2. The van der Waals surface area contributed by atoms with Gasteiger partial charge in [0, 0.05) is 36.2 Å². The number of fused-ring (bicyclic) bond motifs is 1. The summed E-state index contributed by atoms with van der Waals surface area (Å²) < 4.78 is 0. The lowest BCUT2D eigenvalue weighted by Gasteiger charge is -2.26. The van der Waals surface area contributed by atoms with Gasteiger partial charge in [-0.05, 0) is 55.1 Å². The van der Waals surface area contributed by atoms with Crippen LogP contribution in [0, 0.1) is 6.92 Å². The minimum atomic E-state index is 0.310. The maximum absolute atomic E-state index is 4.64. The largest absolute Gasteiger partial charge is 0.310 e. The van der Waals surface area contributed by atoms with E-state index >= 15 is 0 Å². The van der Waals surface area contributed by atoms with Crippen LogP contribution >= 0.6 is 0 Å². The van der Waals surface area contributed by atoms with Crippen LogP contribution in [0.2, 0.25) is 0 Å². The van der Waals surface area contributed by atoms with Crippen molar-refractivity contribution in [1.29, 1.82) is 0 Å². The summed E-state index contributed by atoms with van der Waals surface area (Å²) in [6, 6.07) is 6.65. The topological polar surface area (TPSA) is 37.8 Å². The molecular formula is C17H21N3. The van der Waals surface area contributed by atoms with Crippen molar-refractivity contribution in [1.82, 2.24) is 15.3 Å². The van der Waals surface area contributed by atoms with Gasteiger partial charge in [0.25, 0.3) is 0 Å². The Morgan fingerprint density at radius 3 is 3.05 bits per heavy atom. The number of pyridine rings is 2. The summed E-state index contributed by atoms with van der Waals surface area (Å²) in [5, 5.41) is 3.64. The molecule has 20 heavy (non-hydrogen) atoms. The van der Waals surface area contributed by atoms with Crippen LogP contribution in [0.25, 0.3) is 0 Å². The third-order valence-corrected chi connectivity index (χ3v) is 4.24. The fourth-order valence-corrected chi connectivity index (χ4v) is 3.26. The number of nitrogens with zero attached hydrogens (tertiary/aromatic N) is 2. The SMILES string of the molecule is CCNC(c1cnccc1C)C1CCc2cccnc21. The monoisotopic (exact) mass is 267 g/mol. The molecule has 0 fully saturated rings. The lowest BCUT2D eigenvalue weighted by molar-refractivity contribution is 0.444. The molecule has 2 atom stereocenters. The van der Waals surface area contributed by atoms with Crippen molar-refractivity contribution >= 4 is 0 Å². The van der Waals surface area contributed by atoms with E-state index in [1.807, 2.05) is 24.7 Å². The van der Waals surface area contributed by atoms with E-state index in [1.165, 1.54) is 28.8 Å². The molecule has 0 amide bonds. The third kappa shape index (κ3) is 2.34. The standard InChI is InChI=1S/C17H21N3/c1-3-19-17(15-11-18-10-8-12(15)2)14-7-6-13-5-4-9-20-16(13)14/h4-5,8-11,14,17,19H,3,6-7H2,1-2H3. The van der Waals surface area contributed by atoms with Gasteiger partial charge in [-0.15, -0.1) is 0 Å². The molecule has 0 aromatic carbocycles. The van der Waals surface area contributed by atoms with Crippen LogP contribution in [0.1, 0.15) is 47.7 Å². The molecule has 0 saturated carbocycles. The van der Waals surface area contributed by atoms with E-state index in [9.17, 15) is 0 Å². The van der Waals surface area contributed by atoms with Crippen LogP contribution < -0.4 is 5.32 Å². The number of hydrogen-bond donors (Lipinski definition) is 1. The first-order chi connectivity index (χ1) is 9.81. The van der Waals surface area contributed by atoms with Crippen LogP contribution in [-0.2, 0) is 6.42 Å².